The number of allylic oxidation sites excluding steroid dienone is 2. The molecule has 0 saturated heterocycles. The minimum Gasteiger partial charge on any atom is -0.481 e. The molecule has 0 heterocycles. The first kappa shape index (κ1) is 11.9. The molecule has 2 N–H and O–H groups in total. The van der Waals surface area contributed by atoms with Gasteiger partial charge in [-0.15, -0.1) is 0 Å². The number of carboxylic acid groups (broad SMARTS) is 2. The summed E-state index contributed by atoms with van der Waals surface area (Å²) in [6, 6.07) is 0. The first-order valence-corrected chi connectivity index (χ1v) is 4.30. The highest BCUT2D eigenvalue weighted by Crippen LogP contribution is 2.38. The lowest BCUT2D eigenvalue weighted by molar-refractivity contribution is -0.434. The zero-order chi connectivity index (χ0) is 12.5. The number of carbonyl (C=O) groups is 2. The summed E-state index contributed by atoms with van der Waals surface area (Å²) in [5.74, 6) is -4.63. The van der Waals surface area contributed by atoms with Crippen LogP contribution in [0.1, 0.15) is 6.92 Å². The van der Waals surface area contributed by atoms with Crippen molar-refractivity contribution < 1.29 is 24.7 Å². The van der Waals surface area contributed by atoms with Crippen molar-refractivity contribution in [3.8, 4) is 0 Å². The highest BCUT2D eigenvalue weighted by Gasteiger charge is 2.52. The van der Waals surface area contributed by atoms with Gasteiger partial charge < -0.3 is 10.2 Å². The third-order valence-corrected chi connectivity index (χ3v) is 2.52. The van der Waals surface area contributed by atoms with Crippen molar-refractivity contribution in [1.29, 1.82) is 0 Å². The van der Waals surface area contributed by atoms with Crippen molar-refractivity contribution in [3.63, 3.8) is 0 Å². The summed E-state index contributed by atoms with van der Waals surface area (Å²) in [6.45, 7) is 1.14. The number of aliphatic carboxylic acids is 2. The second-order valence-corrected chi connectivity index (χ2v) is 3.57. The number of rotatable bonds is 3. The third-order valence-electron chi connectivity index (χ3n) is 2.52. The Morgan fingerprint density at radius 1 is 1.50 bits per heavy atom. The van der Waals surface area contributed by atoms with Gasteiger partial charge >= 0.3 is 11.9 Å². The summed E-state index contributed by atoms with van der Waals surface area (Å²) < 4.78 is 0. The van der Waals surface area contributed by atoms with Gasteiger partial charge in [0.05, 0.1) is 4.92 Å². The number of carboxylic acids is 2. The van der Waals surface area contributed by atoms with Crippen LogP contribution in [0.15, 0.2) is 23.9 Å². The molecule has 0 saturated carbocycles. The van der Waals surface area contributed by atoms with Crippen molar-refractivity contribution in [2.75, 3.05) is 0 Å². The Labute approximate surface area is 89.8 Å². The smallest absolute Gasteiger partial charge is 0.318 e. The average molecular weight is 227 g/mol. The average Bonchev–Trinajstić information content (AvgIpc) is 2.16. The second-order valence-electron chi connectivity index (χ2n) is 3.57. The number of hydrogen-bond acceptors (Lipinski definition) is 4. The Kier molecular flexibility index (Phi) is 2.80. The van der Waals surface area contributed by atoms with E-state index < -0.39 is 33.9 Å². The fraction of sp³-hybridized carbons (Fsp3) is 0.333. The van der Waals surface area contributed by atoms with E-state index >= 15 is 0 Å². The zero-order valence-corrected chi connectivity index (χ0v) is 8.28. The predicted molar refractivity (Wildman–Crippen MR) is 51.1 cm³/mol. The molecule has 0 bridgehead atoms. The molecule has 2 atom stereocenters. The van der Waals surface area contributed by atoms with Gasteiger partial charge in [0.15, 0.2) is 5.92 Å². The molecule has 0 unspecified atom stereocenters. The highest BCUT2D eigenvalue weighted by molar-refractivity contribution is 5.87. The van der Waals surface area contributed by atoms with Crippen molar-refractivity contribution in [1.82, 2.24) is 0 Å². The number of nitrogens with zero attached hydrogens (tertiary/aromatic N) is 1. The molecule has 0 aromatic carbocycles. The van der Waals surface area contributed by atoms with Crippen LogP contribution in [-0.4, -0.2) is 27.1 Å². The van der Waals surface area contributed by atoms with E-state index in [1.165, 1.54) is 6.08 Å². The van der Waals surface area contributed by atoms with Crippen LogP contribution < -0.4 is 0 Å². The summed E-state index contributed by atoms with van der Waals surface area (Å²) in [7, 11) is 0. The SMILES string of the molecule is C[C@@]1(C(=O)O)C=CC=C([N+](=O)[O-])[C@H]1C(=O)O. The van der Waals surface area contributed by atoms with Gasteiger partial charge in [-0.25, -0.2) is 0 Å². The molecular weight excluding hydrogens is 218 g/mol. The van der Waals surface area contributed by atoms with E-state index in [1.54, 1.807) is 0 Å². The Balaban J connectivity index is 3.32. The van der Waals surface area contributed by atoms with E-state index in [-0.39, 0.29) is 0 Å². The van der Waals surface area contributed by atoms with Gasteiger partial charge in [-0.3, -0.25) is 19.7 Å². The van der Waals surface area contributed by atoms with E-state index in [4.69, 9.17) is 10.2 Å². The Morgan fingerprint density at radius 3 is 2.44 bits per heavy atom. The number of hydrogen-bond donors (Lipinski definition) is 2. The molecule has 86 valence electrons. The third kappa shape index (κ3) is 1.67. The minimum atomic E-state index is -1.80. The molecule has 1 aliphatic rings. The van der Waals surface area contributed by atoms with Gasteiger partial charge in [0, 0.05) is 6.08 Å². The Morgan fingerprint density at radius 2 is 2.06 bits per heavy atom. The molecule has 0 radical (unpaired) electrons. The summed E-state index contributed by atoms with van der Waals surface area (Å²) in [6.07, 6.45) is 3.33. The van der Waals surface area contributed by atoms with E-state index in [0.717, 1.165) is 19.1 Å². The number of nitro groups is 1. The van der Waals surface area contributed by atoms with Crippen LogP contribution in [-0.2, 0) is 9.59 Å². The Hall–Kier alpha value is -2.18. The largest absolute Gasteiger partial charge is 0.481 e. The van der Waals surface area contributed by atoms with Gasteiger partial charge in [-0.2, -0.15) is 0 Å². The topological polar surface area (TPSA) is 118 Å². The lowest BCUT2D eigenvalue weighted by atomic mass is 9.72. The minimum absolute atomic E-state index is 0.625. The predicted octanol–water partition coefficient (Wildman–Crippen LogP) is 0.508. The van der Waals surface area contributed by atoms with Crippen molar-refractivity contribution >= 4 is 11.9 Å². The fourth-order valence-electron chi connectivity index (χ4n) is 1.59. The van der Waals surface area contributed by atoms with Crippen LogP contribution in [0.3, 0.4) is 0 Å². The van der Waals surface area contributed by atoms with Crippen LogP contribution in [0.5, 0.6) is 0 Å². The van der Waals surface area contributed by atoms with Crippen molar-refractivity contribution in [2.45, 2.75) is 6.92 Å². The van der Waals surface area contributed by atoms with Crippen molar-refractivity contribution in [2.24, 2.45) is 11.3 Å². The van der Waals surface area contributed by atoms with Crippen molar-refractivity contribution in [3.05, 3.63) is 34.0 Å². The molecule has 1 aliphatic carbocycles. The maximum Gasteiger partial charge on any atom is 0.318 e. The molecular formula is C9H9NO6. The van der Waals surface area contributed by atoms with Crippen LogP contribution in [0.2, 0.25) is 0 Å². The molecule has 1 rings (SSSR count). The van der Waals surface area contributed by atoms with Gasteiger partial charge in [0.1, 0.15) is 5.41 Å². The molecule has 0 fully saturated rings. The van der Waals surface area contributed by atoms with E-state index in [2.05, 4.69) is 0 Å². The van der Waals surface area contributed by atoms with Gasteiger partial charge in [-0.05, 0) is 6.92 Å². The Bertz CT molecular complexity index is 424. The maximum absolute atomic E-state index is 11.0. The van der Waals surface area contributed by atoms with E-state index in [9.17, 15) is 19.7 Å². The molecule has 7 heteroatoms. The lowest BCUT2D eigenvalue weighted by Gasteiger charge is -2.27. The quantitative estimate of drug-likeness (QED) is 0.535. The van der Waals surface area contributed by atoms with Crippen LogP contribution >= 0.6 is 0 Å². The summed E-state index contributed by atoms with van der Waals surface area (Å²) in [4.78, 5) is 31.7. The molecule has 0 aromatic heterocycles. The van der Waals surface area contributed by atoms with Gasteiger partial charge in [-0.1, -0.05) is 12.2 Å². The van der Waals surface area contributed by atoms with E-state index in [1.807, 2.05) is 0 Å². The van der Waals surface area contributed by atoms with Crippen LogP contribution in [0, 0.1) is 21.4 Å². The fourth-order valence-corrected chi connectivity index (χ4v) is 1.59. The van der Waals surface area contributed by atoms with Gasteiger partial charge in [0.2, 0.25) is 0 Å². The highest BCUT2D eigenvalue weighted by atomic mass is 16.6. The molecule has 0 spiro atoms. The van der Waals surface area contributed by atoms with Crippen LogP contribution in [0.25, 0.3) is 0 Å². The molecule has 0 aromatic rings. The first-order chi connectivity index (χ1) is 7.30. The summed E-state index contributed by atoms with van der Waals surface area (Å²) >= 11 is 0. The molecule has 7 nitrogen and oxygen atoms in total. The standard InChI is InChI=1S/C9H9NO6/c1-9(8(13)14)4-2-3-5(10(15)16)6(9)7(11)12/h2-4,6H,1H3,(H,11,12)(H,13,14)/t6-,9+/m0/s1. The lowest BCUT2D eigenvalue weighted by Crippen LogP contribution is -2.42. The maximum atomic E-state index is 11.0. The zero-order valence-electron chi connectivity index (χ0n) is 8.28. The summed E-state index contributed by atoms with van der Waals surface area (Å²) in [5.41, 5.74) is -2.43. The van der Waals surface area contributed by atoms with Gasteiger partial charge in [0.25, 0.3) is 5.70 Å². The second kappa shape index (κ2) is 3.76. The molecule has 0 aliphatic heterocycles. The van der Waals surface area contributed by atoms with E-state index in [0.29, 0.717) is 0 Å². The summed E-state index contributed by atoms with van der Waals surface area (Å²) in [5, 5.41) is 28.5. The normalized spacial score (nSPS) is 28.3. The molecule has 0 amide bonds. The monoisotopic (exact) mass is 227 g/mol. The first-order valence-electron chi connectivity index (χ1n) is 4.30. The van der Waals surface area contributed by atoms with Crippen LogP contribution in [0.4, 0.5) is 0 Å². The molecule has 16 heavy (non-hydrogen) atoms.